The summed E-state index contributed by atoms with van der Waals surface area (Å²) in [4.78, 5) is 24.1. The zero-order chi connectivity index (χ0) is 27.9. The number of unbranched alkanes of at least 4 members (excludes halogenated alkanes) is 5. The molecule has 6 heteroatoms. The Bertz CT molecular complexity index is 1150. The van der Waals surface area contributed by atoms with Crippen LogP contribution in [0, 0.1) is 0 Å². The summed E-state index contributed by atoms with van der Waals surface area (Å²) >= 11 is 1.50. The summed E-state index contributed by atoms with van der Waals surface area (Å²) in [6, 6.07) is 25.9. The Balaban J connectivity index is 1.55. The molecule has 0 amide bonds. The van der Waals surface area contributed by atoms with Gasteiger partial charge in [0.2, 0.25) is 0 Å². The first-order chi connectivity index (χ1) is 19.0. The van der Waals surface area contributed by atoms with Gasteiger partial charge < -0.3 is 14.6 Å². The molecule has 1 N–H and O–H groups in total. The maximum Gasteiger partial charge on any atom is 0.337 e. The minimum atomic E-state index is -1.28. The summed E-state index contributed by atoms with van der Waals surface area (Å²) < 4.78 is 9.65. The molecule has 5 nitrogen and oxygen atoms in total. The predicted octanol–water partition coefficient (Wildman–Crippen LogP) is 7.11. The Labute approximate surface area is 236 Å². The number of methoxy groups -OCH3 is 2. The Morgan fingerprint density at radius 1 is 0.718 bits per heavy atom. The monoisotopic (exact) mass is 548 g/mol. The van der Waals surface area contributed by atoms with Crippen LogP contribution >= 0.6 is 11.8 Å². The number of hydrogen-bond donors (Lipinski definition) is 1. The first-order valence-electron chi connectivity index (χ1n) is 13.7. The zero-order valence-electron chi connectivity index (χ0n) is 23.0. The first kappa shape index (κ1) is 30.5. The van der Waals surface area contributed by atoms with E-state index in [1.165, 1.54) is 57.2 Å². The highest BCUT2D eigenvalue weighted by Gasteiger charge is 2.30. The average molecular weight is 549 g/mol. The number of aliphatic hydroxyl groups is 1. The fourth-order valence-electron chi connectivity index (χ4n) is 4.67. The second-order valence-corrected chi connectivity index (χ2v) is 10.8. The predicted molar refractivity (Wildman–Crippen MR) is 158 cm³/mol. The largest absolute Gasteiger partial charge is 0.467 e. The molecule has 0 aromatic heterocycles. The van der Waals surface area contributed by atoms with E-state index < -0.39 is 17.3 Å². The number of thioether (sulfide) groups is 1. The van der Waals surface area contributed by atoms with Crippen LogP contribution in [0.5, 0.6) is 0 Å². The smallest absolute Gasteiger partial charge is 0.337 e. The number of hydrogen-bond acceptors (Lipinski definition) is 6. The van der Waals surface area contributed by atoms with Crippen LogP contribution in [0.2, 0.25) is 0 Å². The van der Waals surface area contributed by atoms with Gasteiger partial charge in [0.05, 0.1) is 25.0 Å². The molecule has 3 aromatic rings. The molecule has 3 rings (SSSR count). The van der Waals surface area contributed by atoms with Crippen molar-refractivity contribution in [1.29, 1.82) is 0 Å². The van der Waals surface area contributed by atoms with Gasteiger partial charge in [0.1, 0.15) is 0 Å². The Morgan fingerprint density at radius 2 is 1.33 bits per heavy atom. The summed E-state index contributed by atoms with van der Waals surface area (Å²) in [5.74, 6) is -0.453. The van der Waals surface area contributed by atoms with E-state index in [-0.39, 0.29) is 5.97 Å². The van der Waals surface area contributed by atoms with E-state index in [0.29, 0.717) is 11.3 Å². The van der Waals surface area contributed by atoms with Crippen LogP contribution in [0.3, 0.4) is 0 Å². The van der Waals surface area contributed by atoms with Gasteiger partial charge in [-0.3, -0.25) is 0 Å². The highest BCUT2D eigenvalue weighted by atomic mass is 32.2. The third-order valence-electron chi connectivity index (χ3n) is 6.90. The molecule has 39 heavy (non-hydrogen) atoms. The van der Waals surface area contributed by atoms with Crippen molar-refractivity contribution < 1.29 is 24.2 Å². The quantitative estimate of drug-likeness (QED) is 0.152. The van der Waals surface area contributed by atoms with Gasteiger partial charge >= 0.3 is 11.9 Å². The van der Waals surface area contributed by atoms with Crippen LogP contribution in [0.15, 0.2) is 78.9 Å². The number of aliphatic hydroxyl groups excluding tert-OH is 1. The molecule has 2 unspecified atom stereocenters. The molecule has 0 aliphatic carbocycles. The summed E-state index contributed by atoms with van der Waals surface area (Å²) in [5.41, 5.74) is 5.00. The van der Waals surface area contributed by atoms with E-state index in [9.17, 15) is 14.7 Å². The molecule has 3 aromatic carbocycles. The van der Waals surface area contributed by atoms with Crippen molar-refractivity contribution in [2.75, 3.05) is 14.2 Å². The van der Waals surface area contributed by atoms with Crippen molar-refractivity contribution in [3.63, 3.8) is 0 Å². The Hall–Kier alpha value is -3.09. The van der Waals surface area contributed by atoms with Crippen LogP contribution in [0.1, 0.15) is 76.4 Å². The van der Waals surface area contributed by atoms with Crippen LogP contribution in [-0.2, 0) is 32.9 Å². The third-order valence-corrected chi connectivity index (χ3v) is 8.27. The number of benzene rings is 3. The molecular formula is C33H40O5S. The summed E-state index contributed by atoms with van der Waals surface area (Å²) in [6.07, 6.45) is 7.91. The van der Waals surface area contributed by atoms with E-state index in [4.69, 9.17) is 9.47 Å². The zero-order valence-corrected chi connectivity index (χ0v) is 23.8. The van der Waals surface area contributed by atoms with E-state index in [1.54, 1.807) is 12.1 Å². The number of carbonyl (C=O) groups excluding carboxylic acids is 2. The molecule has 0 saturated carbocycles. The van der Waals surface area contributed by atoms with Gasteiger partial charge in [-0.15, -0.1) is 11.8 Å². The van der Waals surface area contributed by atoms with E-state index >= 15 is 0 Å². The fraction of sp³-hybridized carbons (Fsp3) is 0.394. The van der Waals surface area contributed by atoms with Crippen molar-refractivity contribution >= 4 is 23.7 Å². The molecule has 0 heterocycles. The van der Waals surface area contributed by atoms with E-state index in [1.807, 2.05) is 30.3 Å². The van der Waals surface area contributed by atoms with Gasteiger partial charge in [0, 0.05) is 5.75 Å². The fourth-order valence-corrected chi connectivity index (χ4v) is 5.94. The number of rotatable bonds is 16. The lowest BCUT2D eigenvalue weighted by Gasteiger charge is -2.24. The van der Waals surface area contributed by atoms with Crippen molar-refractivity contribution in [3.05, 3.63) is 107 Å². The Kier molecular flexibility index (Phi) is 13.1. The lowest BCUT2D eigenvalue weighted by molar-refractivity contribution is -0.150. The molecular weight excluding hydrogens is 508 g/mol. The molecule has 0 aliphatic rings. The van der Waals surface area contributed by atoms with Crippen molar-refractivity contribution in [3.8, 4) is 0 Å². The molecule has 0 saturated heterocycles. The number of esters is 2. The Morgan fingerprint density at radius 3 is 2.00 bits per heavy atom. The maximum absolute atomic E-state index is 12.3. The van der Waals surface area contributed by atoms with Gasteiger partial charge in [-0.05, 0) is 60.1 Å². The highest BCUT2D eigenvalue weighted by Crippen LogP contribution is 2.37. The molecule has 2 atom stereocenters. The summed E-state index contributed by atoms with van der Waals surface area (Å²) in [5, 5.41) is 10.4. The van der Waals surface area contributed by atoms with Crippen molar-refractivity contribution in [2.24, 2.45) is 0 Å². The van der Waals surface area contributed by atoms with E-state index in [0.717, 1.165) is 42.4 Å². The van der Waals surface area contributed by atoms with Crippen LogP contribution in [-0.4, -0.2) is 37.4 Å². The highest BCUT2D eigenvalue weighted by molar-refractivity contribution is 7.98. The second-order valence-electron chi connectivity index (χ2n) is 9.69. The van der Waals surface area contributed by atoms with Crippen LogP contribution < -0.4 is 0 Å². The SMILES string of the molecule is COC(=O)c1ccc(CSC(c2ccccc2CCCCCCCCc2ccccc2)C(O)C(=O)OC)cc1. The van der Waals surface area contributed by atoms with Gasteiger partial charge in [-0.1, -0.05) is 92.4 Å². The normalized spacial score (nSPS) is 12.5. The summed E-state index contributed by atoms with van der Waals surface area (Å²) in [7, 11) is 2.65. The average Bonchev–Trinajstić information content (AvgIpc) is 2.99. The lowest BCUT2D eigenvalue weighted by Crippen LogP contribution is -2.28. The number of carbonyl (C=O) groups is 2. The topological polar surface area (TPSA) is 72.8 Å². The minimum absolute atomic E-state index is 0.380. The third kappa shape index (κ3) is 9.86. The molecule has 0 aliphatic heterocycles. The molecule has 0 fully saturated rings. The second kappa shape index (κ2) is 16.8. The number of aryl methyl sites for hydroxylation is 2. The van der Waals surface area contributed by atoms with Crippen LogP contribution in [0.4, 0.5) is 0 Å². The maximum atomic E-state index is 12.3. The molecule has 0 radical (unpaired) electrons. The van der Waals surface area contributed by atoms with Crippen LogP contribution in [0.25, 0.3) is 0 Å². The molecule has 0 bridgehead atoms. The van der Waals surface area contributed by atoms with Gasteiger partial charge in [0.25, 0.3) is 0 Å². The summed E-state index contributed by atoms with van der Waals surface area (Å²) in [6.45, 7) is 0. The molecule has 0 spiro atoms. The van der Waals surface area contributed by atoms with Gasteiger partial charge in [-0.25, -0.2) is 9.59 Å². The van der Waals surface area contributed by atoms with E-state index in [2.05, 4.69) is 36.4 Å². The first-order valence-corrected chi connectivity index (χ1v) is 14.7. The van der Waals surface area contributed by atoms with Crippen molar-refractivity contribution in [1.82, 2.24) is 0 Å². The number of ether oxygens (including phenoxy) is 2. The molecule has 208 valence electrons. The van der Waals surface area contributed by atoms with Gasteiger partial charge in [0.15, 0.2) is 6.10 Å². The standard InChI is InChI=1S/C33H40O5S/c1-37-32(35)28-22-20-26(21-23-28)24-39-31(30(34)33(36)38-2)29-19-13-12-18-27(29)17-11-6-4-3-5-8-14-25-15-9-7-10-16-25/h7,9-10,12-13,15-16,18-23,30-31,34H,3-6,8,11,14,17,24H2,1-2H3. The lowest BCUT2D eigenvalue weighted by atomic mass is 9.96. The van der Waals surface area contributed by atoms with Crippen molar-refractivity contribution in [2.45, 2.75) is 68.5 Å². The van der Waals surface area contributed by atoms with Gasteiger partial charge in [-0.2, -0.15) is 0 Å². The minimum Gasteiger partial charge on any atom is -0.467 e.